The van der Waals surface area contributed by atoms with E-state index >= 15 is 0 Å². The van der Waals surface area contributed by atoms with E-state index in [1.54, 1.807) is 7.11 Å². The molecule has 1 saturated carbocycles. The summed E-state index contributed by atoms with van der Waals surface area (Å²) >= 11 is 0. The molecular weight excluding hydrogens is 566 g/mol. The van der Waals surface area contributed by atoms with Gasteiger partial charge in [0.1, 0.15) is 11.4 Å². The van der Waals surface area contributed by atoms with Gasteiger partial charge in [0, 0.05) is 36.8 Å². The lowest BCUT2D eigenvalue weighted by Crippen LogP contribution is -2.71. The Morgan fingerprint density at radius 3 is 2.22 bits per heavy atom. The van der Waals surface area contributed by atoms with Crippen molar-refractivity contribution in [2.75, 3.05) is 20.7 Å². The third-order valence-corrected chi connectivity index (χ3v) is 11.6. The van der Waals surface area contributed by atoms with Gasteiger partial charge in [0.15, 0.2) is 17.6 Å². The van der Waals surface area contributed by atoms with Crippen LogP contribution in [-0.4, -0.2) is 55.3 Å². The molecule has 5 atom stereocenters. The van der Waals surface area contributed by atoms with Crippen LogP contribution in [0.2, 0.25) is 0 Å². The Labute approximate surface area is 270 Å². The van der Waals surface area contributed by atoms with Gasteiger partial charge < -0.3 is 18.9 Å². The van der Waals surface area contributed by atoms with Gasteiger partial charge in [0.2, 0.25) is 0 Å². The average molecular weight is 622 g/mol. The number of methoxy groups -OCH3 is 1. The van der Waals surface area contributed by atoms with Crippen LogP contribution in [0.5, 0.6) is 11.5 Å². The second-order valence-electron chi connectivity index (χ2n) is 14.7. The van der Waals surface area contributed by atoms with Gasteiger partial charge in [0.25, 0.3) is 0 Å². The summed E-state index contributed by atoms with van der Waals surface area (Å²) in [5, 5.41) is 0. The molecule has 0 amide bonds. The maximum absolute atomic E-state index is 13.6. The van der Waals surface area contributed by atoms with Crippen LogP contribution < -0.4 is 9.47 Å². The predicted molar refractivity (Wildman–Crippen MR) is 174 cm³/mol. The number of nitrogens with zero attached hydrogens (tertiary/aromatic N) is 1. The summed E-state index contributed by atoms with van der Waals surface area (Å²) in [7, 11) is 3.83. The van der Waals surface area contributed by atoms with Crippen molar-refractivity contribution in [2.24, 2.45) is 5.41 Å². The number of benzene rings is 1. The molecule has 45 heavy (non-hydrogen) atoms. The molecule has 3 aliphatic carbocycles. The molecule has 0 radical (unpaired) electrons. The zero-order valence-corrected chi connectivity index (χ0v) is 28.2. The molecule has 7 heteroatoms. The molecule has 2 fully saturated rings. The molecule has 2 heterocycles. The van der Waals surface area contributed by atoms with E-state index < -0.39 is 17.1 Å². The van der Waals surface area contributed by atoms with Crippen LogP contribution in [-0.2, 0) is 30.9 Å². The molecule has 5 aliphatic rings. The minimum absolute atomic E-state index is 0.00805. The highest BCUT2D eigenvalue weighted by atomic mass is 16.6. The molecule has 1 saturated heterocycles. The molecule has 6 rings (SSSR count). The van der Waals surface area contributed by atoms with Gasteiger partial charge in [-0.2, -0.15) is 0 Å². The number of likely N-dealkylation sites (N-methyl/N-ethyl adjacent to an activating group) is 1. The molecule has 0 aromatic heterocycles. The summed E-state index contributed by atoms with van der Waals surface area (Å²) in [6.07, 6.45) is 19.5. The van der Waals surface area contributed by atoms with Crippen molar-refractivity contribution in [3.8, 4) is 11.5 Å². The van der Waals surface area contributed by atoms with Gasteiger partial charge in [-0.3, -0.25) is 14.5 Å². The molecule has 248 valence electrons. The van der Waals surface area contributed by atoms with Crippen LogP contribution in [0.25, 0.3) is 0 Å². The van der Waals surface area contributed by atoms with Crippen LogP contribution in [0.4, 0.5) is 0 Å². The van der Waals surface area contributed by atoms with Crippen LogP contribution in [0.3, 0.4) is 0 Å². The van der Waals surface area contributed by atoms with Crippen molar-refractivity contribution in [1.82, 2.24) is 4.90 Å². The Morgan fingerprint density at radius 1 is 0.911 bits per heavy atom. The van der Waals surface area contributed by atoms with E-state index in [9.17, 15) is 9.59 Å². The highest BCUT2D eigenvalue weighted by molar-refractivity contribution is 5.74. The normalized spacial score (nSPS) is 30.1. The topological polar surface area (TPSA) is 74.3 Å². The fraction of sp³-hybridized carbons (Fsp3) is 0.737. The molecule has 2 aliphatic heterocycles. The first-order valence-corrected chi connectivity index (χ1v) is 18.1. The van der Waals surface area contributed by atoms with Gasteiger partial charge in [-0.1, -0.05) is 90.5 Å². The van der Waals surface area contributed by atoms with Crippen LogP contribution in [0, 0.1) is 5.41 Å². The number of hydrogen-bond donors (Lipinski definition) is 0. The zero-order valence-electron chi connectivity index (χ0n) is 28.2. The fourth-order valence-corrected chi connectivity index (χ4v) is 10.0. The highest BCUT2D eigenvalue weighted by Gasteiger charge is 2.84. The second kappa shape index (κ2) is 13.3. The van der Waals surface area contributed by atoms with Crippen LogP contribution >= 0.6 is 0 Å². The number of rotatable bonds is 18. The Morgan fingerprint density at radius 2 is 1.56 bits per heavy atom. The van der Waals surface area contributed by atoms with Crippen molar-refractivity contribution in [3.05, 3.63) is 35.1 Å². The molecule has 1 aromatic rings. The second-order valence-corrected chi connectivity index (χ2v) is 14.7. The van der Waals surface area contributed by atoms with E-state index in [1.165, 1.54) is 44.1 Å². The molecule has 0 N–H and O–H groups in total. The minimum atomic E-state index is -0.789. The van der Waals surface area contributed by atoms with Crippen molar-refractivity contribution >= 4 is 11.9 Å². The molecular formula is C38H55NO6. The number of carbonyl (C=O) groups excluding carboxylic acids is 2. The largest absolute Gasteiger partial charge is 0.493 e. The van der Waals surface area contributed by atoms with Gasteiger partial charge in [-0.05, 0) is 50.4 Å². The summed E-state index contributed by atoms with van der Waals surface area (Å²) in [5.41, 5.74) is 0.940. The Balaban J connectivity index is 1.23. The zero-order chi connectivity index (χ0) is 31.7. The van der Waals surface area contributed by atoms with Crippen molar-refractivity contribution in [1.29, 1.82) is 0 Å². The number of esters is 2. The summed E-state index contributed by atoms with van der Waals surface area (Å²) in [5.74, 6) is 1.66. The minimum Gasteiger partial charge on any atom is -0.493 e. The number of ether oxygens (including phenoxy) is 4. The summed E-state index contributed by atoms with van der Waals surface area (Å²) in [4.78, 5) is 29.3. The standard InChI is InChI=1S/C38H55NO6/c1-5-7-9-11-12-13-14-15-17-18-30(40)43-29-22-23-38(45-31(41)19-16-10-8-6-2)35-36(26-39(35)3)24-27-20-21-28(42-4)33-32(27)37(38,25-36)34(29)44-33/h20-22,34-35H,5-19,23-26H2,1-4H3/t34?,35-,36?,37+,38-/m1/s1. The molecule has 2 spiro atoms. The number of carbonyl (C=O) groups is 2. The van der Waals surface area contributed by atoms with E-state index in [4.69, 9.17) is 18.9 Å². The molecule has 2 bridgehead atoms. The van der Waals surface area contributed by atoms with Gasteiger partial charge in [-0.25, -0.2) is 0 Å². The number of unbranched alkanes of at least 4 members (excludes halogenated alkanes) is 11. The SMILES string of the molecule is CCCCCCCCCCCC(=O)OC1=CC[C@@]2(OC(=O)CCCCCC)[C@@H]3N(C)CC34Cc3ccc(OC)c5c3[C@@]2(C4)C1O5. The summed E-state index contributed by atoms with van der Waals surface area (Å²) < 4.78 is 25.7. The average Bonchev–Trinajstić information content (AvgIpc) is 3.44. The fourth-order valence-electron chi connectivity index (χ4n) is 10.0. The van der Waals surface area contributed by atoms with Gasteiger partial charge in [0.05, 0.1) is 18.6 Å². The third kappa shape index (κ3) is 5.39. The van der Waals surface area contributed by atoms with Gasteiger partial charge >= 0.3 is 11.9 Å². The Bertz CT molecular complexity index is 1290. The Hall–Kier alpha value is -2.54. The molecule has 7 nitrogen and oxygen atoms in total. The van der Waals surface area contributed by atoms with Crippen LogP contribution in [0.1, 0.15) is 134 Å². The predicted octanol–water partition coefficient (Wildman–Crippen LogP) is 7.96. The van der Waals surface area contributed by atoms with Crippen LogP contribution in [0.15, 0.2) is 24.0 Å². The first-order valence-electron chi connectivity index (χ1n) is 18.1. The maximum atomic E-state index is 13.6. The summed E-state index contributed by atoms with van der Waals surface area (Å²) in [6, 6.07) is 4.26. The van der Waals surface area contributed by atoms with Crippen molar-refractivity contribution in [2.45, 2.75) is 153 Å². The number of fused-ring (bicyclic) bond motifs is 1. The lowest BCUT2D eigenvalue weighted by molar-refractivity contribution is -0.193. The molecule has 2 unspecified atom stereocenters. The number of likely N-dealkylation sites (tertiary alicyclic amines) is 1. The van der Waals surface area contributed by atoms with Crippen molar-refractivity contribution in [3.63, 3.8) is 0 Å². The van der Waals surface area contributed by atoms with E-state index in [2.05, 4.69) is 31.9 Å². The number of hydrogen-bond acceptors (Lipinski definition) is 7. The smallest absolute Gasteiger partial charge is 0.310 e. The van der Waals surface area contributed by atoms with Crippen molar-refractivity contribution < 1.29 is 28.5 Å². The highest BCUT2D eigenvalue weighted by Crippen LogP contribution is 2.76. The third-order valence-electron chi connectivity index (χ3n) is 11.6. The first-order chi connectivity index (χ1) is 21.9. The first kappa shape index (κ1) is 32.4. The molecule has 1 aromatic carbocycles. The summed E-state index contributed by atoms with van der Waals surface area (Å²) in [6.45, 7) is 5.38. The maximum Gasteiger partial charge on any atom is 0.310 e. The van der Waals surface area contributed by atoms with E-state index in [-0.39, 0.29) is 23.4 Å². The lowest BCUT2D eigenvalue weighted by atomic mass is 9.59. The lowest BCUT2D eigenvalue weighted by Gasteiger charge is -2.57. The quantitative estimate of drug-likeness (QED) is 0.122. The van der Waals surface area contributed by atoms with E-state index in [0.717, 1.165) is 75.6 Å². The Kier molecular flexibility index (Phi) is 9.57. The van der Waals surface area contributed by atoms with E-state index in [1.807, 2.05) is 12.1 Å². The van der Waals surface area contributed by atoms with Gasteiger partial charge in [-0.15, -0.1) is 0 Å². The monoisotopic (exact) mass is 621 g/mol. The van der Waals surface area contributed by atoms with E-state index in [0.29, 0.717) is 30.8 Å².